The summed E-state index contributed by atoms with van der Waals surface area (Å²) in [5.41, 5.74) is 4.68. The molecule has 8 heteroatoms. The largest absolute Gasteiger partial charge is 0.494 e. The summed E-state index contributed by atoms with van der Waals surface area (Å²) >= 11 is 0. The zero-order chi connectivity index (χ0) is 14.4. The van der Waals surface area contributed by atoms with Crippen LogP contribution in [0.15, 0.2) is 12.1 Å². The van der Waals surface area contributed by atoms with Crippen molar-refractivity contribution in [2.24, 2.45) is 5.73 Å². The first-order valence-electron chi connectivity index (χ1n) is 5.27. The Hall–Kier alpha value is -2.22. The number of halogens is 2. The molecule has 104 valence electrons. The standard InChI is InChI=1S/C11H13F2N3O3/c1-19-9-3-6(12)8(2-7(9)13)16-11(18)5-15-10(17)4-14/h2-3H,4-5,14H2,1H3,(H,15,17)(H,16,18). The summed E-state index contributed by atoms with van der Waals surface area (Å²) in [5.74, 6) is -3.17. The van der Waals surface area contributed by atoms with Crippen LogP contribution in [0.4, 0.5) is 14.5 Å². The number of ether oxygens (including phenoxy) is 1. The first-order chi connectivity index (χ1) is 8.97. The van der Waals surface area contributed by atoms with Crippen molar-refractivity contribution in [3.63, 3.8) is 0 Å². The maximum absolute atomic E-state index is 13.5. The molecule has 0 radical (unpaired) electrons. The van der Waals surface area contributed by atoms with E-state index in [9.17, 15) is 18.4 Å². The number of carbonyl (C=O) groups is 2. The molecule has 0 aromatic heterocycles. The van der Waals surface area contributed by atoms with Crippen LogP contribution in [0.3, 0.4) is 0 Å². The van der Waals surface area contributed by atoms with Crippen molar-refractivity contribution in [3.05, 3.63) is 23.8 Å². The van der Waals surface area contributed by atoms with E-state index in [0.717, 1.165) is 12.1 Å². The van der Waals surface area contributed by atoms with E-state index in [1.54, 1.807) is 0 Å². The zero-order valence-electron chi connectivity index (χ0n) is 10.1. The third kappa shape index (κ3) is 4.18. The number of methoxy groups -OCH3 is 1. The molecule has 0 fully saturated rings. The van der Waals surface area contributed by atoms with E-state index >= 15 is 0 Å². The smallest absolute Gasteiger partial charge is 0.243 e. The molecule has 0 aliphatic carbocycles. The Labute approximate surface area is 107 Å². The molecule has 6 nitrogen and oxygen atoms in total. The number of carbonyl (C=O) groups excluding carboxylic acids is 2. The normalized spacial score (nSPS) is 9.89. The van der Waals surface area contributed by atoms with Gasteiger partial charge in [-0.3, -0.25) is 9.59 Å². The number of amides is 2. The number of nitrogens with one attached hydrogen (secondary N) is 2. The third-order valence-electron chi connectivity index (χ3n) is 2.15. The summed E-state index contributed by atoms with van der Waals surface area (Å²) in [7, 11) is 1.19. The Balaban J connectivity index is 2.69. The average Bonchev–Trinajstić information content (AvgIpc) is 2.39. The van der Waals surface area contributed by atoms with Crippen LogP contribution in [-0.4, -0.2) is 32.0 Å². The number of hydrogen-bond donors (Lipinski definition) is 3. The lowest BCUT2D eigenvalue weighted by Gasteiger charge is -2.09. The lowest BCUT2D eigenvalue weighted by Crippen LogP contribution is -2.36. The Morgan fingerprint density at radius 3 is 2.53 bits per heavy atom. The molecule has 19 heavy (non-hydrogen) atoms. The lowest BCUT2D eigenvalue weighted by atomic mass is 10.2. The molecule has 1 aromatic carbocycles. The minimum atomic E-state index is -0.850. The minimum absolute atomic E-state index is 0.265. The highest BCUT2D eigenvalue weighted by atomic mass is 19.1. The number of rotatable bonds is 5. The number of benzene rings is 1. The monoisotopic (exact) mass is 273 g/mol. The SMILES string of the molecule is COc1cc(F)c(NC(=O)CNC(=O)CN)cc1F. The van der Waals surface area contributed by atoms with Crippen LogP contribution >= 0.6 is 0 Å². The molecule has 1 rings (SSSR count). The van der Waals surface area contributed by atoms with Gasteiger partial charge in [0.25, 0.3) is 0 Å². The molecule has 0 heterocycles. The minimum Gasteiger partial charge on any atom is -0.494 e. The van der Waals surface area contributed by atoms with Gasteiger partial charge in [-0.2, -0.15) is 0 Å². The lowest BCUT2D eigenvalue weighted by molar-refractivity contribution is -0.123. The summed E-state index contributed by atoms with van der Waals surface area (Å²) in [5, 5.41) is 4.31. The molecule has 0 saturated heterocycles. The fraction of sp³-hybridized carbons (Fsp3) is 0.273. The van der Waals surface area contributed by atoms with Crippen molar-refractivity contribution in [1.29, 1.82) is 0 Å². The summed E-state index contributed by atoms with van der Waals surface area (Å²) in [6.07, 6.45) is 0. The van der Waals surface area contributed by atoms with Gasteiger partial charge in [-0.25, -0.2) is 8.78 Å². The first kappa shape index (κ1) is 14.8. The second-order valence-corrected chi connectivity index (χ2v) is 3.50. The van der Waals surface area contributed by atoms with E-state index in [-0.39, 0.29) is 24.5 Å². The van der Waals surface area contributed by atoms with Gasteiger partial charge in [-0.15, -0.1) is 0 Å². The molecule has 1 aromatic rings. The molecule has 0 bridgehead atoms. The zero-order valence-corrected chi connectivity index (χ0v) is 10.1. The van der Waals surface area contributed by atoms with E-state index in [1.807, 2.05) is 0 Å². The van der Waals surface area contributed by atoms with Gasteiger partial charge in [0.1, 0.15) is 0 Å². The van der Waals surface area contributed by atoms with Crippen molar-refractivity contribution in [1.82, 2.24) is 5.32 Å². The third-order valence-corrected chi connectivity index (χ3v) is 2.15. The molecule has 0 atom stereocenters. The van der Waals surface area contributed by atoms with Gasteiger partial charge in [-0.1, -0.05) is 0 Å². The molecule has 0 spiro atoms. The van der Waals surface area contributed by atoms with Crippen LogP contribution in [0, 0.1) is 11.6 Å². The van der Waals surface area contributed by atoms with Crippen molar-refractivity contribution < 1.29 is 23.1 Å². The topological polar surface area (TPSA) is 93.5 Å². The van der Waals surface area contributed by atoms with Gasteiger partial charge in [0.15, 0.2) is 17.4 Å². The molecule has 0 unspecified atom stereocenters. The van der Waals surface area contributed by atoms with Crippen LogP contribution in [0.2, 0.25) is 0 Å². The summed E-state index contributed by atoms with van der Waals surface area (Å²) < 4.78 is 31.4. The Bertz CT molecular complexity index is 494. The molecule has 4 N–H and O–H groups in total. The maximum atomic E-state index is 13.5. The predicted octanol–water partition coefficient (Wildman–Crippen LogP) is -0.0132. The number of hydrogen-bond acceptors (Lipinski definition) is 4. The van der Waals surface area contributed by atoms with Gasteiger partial charge in [0.05, 0.1) is 25.9 Å². The summed E-state index contributed by atoms with van der Waals surface area (Å²) in [4.78, 5) is 22.2. The second kappa shape index (κ2) is 6.64. The van der Waals surface area contributed by atoms with Crippen LogP contribution < -0.4 is 21.1 Å². The fourth-order valence-electron chi connectivity index (χ4n) is 1.23. The highest BCUT2D eigenvalue weighted by molar-refractivity contribution is 5.94. The van der Waals surface area contributed by atoms with Gasteiger partial charge in [0, 0.05) is 12.1 Å². The highest BCUT2D eigenvalue weighted by Crippen LogP contribution is 2.24. The van der Waals surface area contributed by atoms with Crippen LogP contribution in [-0.2, 0) is 9.59 Å². The van der Waals surface area contributed by atoms with Gasteiger partial charge >= 0.3 is 0 Å². The second-order valence-electron chi connectivity index (χ2n) is 3.50. The van der Waals surface area contributed by atoms with E-state index < -0.39 is 23.4 Å². The fourth-order valence-corrected chi connectivity index (χ4v) is 1.23. The van der Waals surface area contributed by atoms with Crippen molar-refractivity contribution in [2.75, 3.05) is 25.5 Å². The molecule has 2 amide bonds. The molecule has 0 aliphatic rings. The maximum Gasteiger partial charge on any atom is 0.243 e. The van der Waals surface area contributed by atoms with Crippen molar-refractivity contribution in [3.8, 4) is 5.75 Å². The van der Waals surface area contributed by atoms with Crippen LogP contribution in [0.25, 0.3) is 0 Å². The number of anilines is 1. The molecular formula is C11H13F2N3O3. The van der Waals surface area contributed by atoms with E-state index in [4.69, 9.17) is 5.73 Å². The van der Waals surface area contributed by atoms with Gasteiger partial charge < -0.3 is 21.1 Å². The Morgan fingerprint density at radius 2 is 1.95 bits per heavy atom. The van der Waals surface area contributed by atoms with Crippen LogP contribution in [0.5, 0.6) is 5.75 Å². The van der Waals surface area contributed by atoms with Crippen molar-refractivity contribution in [2.45, 2.75) is 0 Å². The first-order valence-corrected chi connectivity index (χ1v) is 5.27. The van der Waals surface area contributed by atoms with E-state index in [2.05, 4.69) is 15.4 Å². The van der Waals surface area contributed by atoms with Gasteiger partial charge in [0.2, 0.25) is 11.8 Å². The molecular weight excluding hydrogens is 260 g/mol. The highest BCUT2D eigenvalue weighted by Gasteiger charge is 2.13. The average molecular weight is 273 g/mol. The molecule has 0 saturated carbocycles. The quantitative estimate of drug-likeness (QED) is 0.703. The van der Waals surface area contributed by atoms with Crippen LogP contribution in [0.1, 0.15) is 0 Å². The molecule has 0 aliphatic heterocycles. The van der Waals surface area contributed by atoms with E-state index in [1.165, 1.54) is 7.11 Å². The Kier molecular flexibility index (Phi) is 5.19. The summed E-state index contributed by atoms with van der Waals surface area (Å²) in [6, 6.07) is 1.60. The summed E-state index contributed by atoms with van der Waals surface area (Å²) in [6.45, 7) is -0.651. The van der Waals surface area contributed by atoms with E-state index in [0.29, 0.717) is 0 Å². The number of nitrogens with two attached hydrogens (primary N) is 1. The van der Waals surface area contributed by atoms with Crippen molar-refractivity contribution >= 4 is 17.5 Å². The predicted molar refractivity (Wildman–Crippen MR) is 63.6 cm³/mol. The Morgan fingerprint density at radius 1 is 1.26 bits per heavy atom. The van der Waals surface area contributed by atoms with Gasteiger partial charge in [-0.05, 0) is 0 Å².